The maximum absolute atomic E-state index is 8.95. The Balaban J connectivity index is 2.41. The van der Waals surface area contributed by atoms with Gasteiger partial charge in [-0.2, -0.15) is 0 Å². The van der Waals surface area contributed by atoms with Crippen LogP contribution in [0.4, 0.5) is 0 Å². The van der Waals surface area contributed by atoms with Crippen LogP contribution in [0.1, 0.15) is 5.56 Å². The Morgan fingerprint density at radius 1 is 1.31 bits per heavy atom. The molecule has 1 aromatic carbocycles. The van der Waals surface area contributed by atoms with Gasteiger partial charge in [0.1, 0.15) is 0 Å². The van der Waals surface area contributed by atoms with Crippen LogP contribution in [0.15, 0.2) is 35.8 Å². The van der Waals surface area contributed by atoms with Crippen LogP contribution in [0.5, 0.6) is 0 Å². The van der Waals surface area contributed by atoms with E-state index in [0.717, 1.165) is 16.7 Å². The number of aliphatic hydroxyl groups is 1. The van der Waals surface area contributed by atoms with E-state index in [-0.39, 0.29) is 6.61 Å². The van der Waals surface area contributed by atoms with E-state index in [1.54, 1.807) is 0 Å². The SMILES string of the molecule is OCc1cccc(-c2cnsc2)c1. The first-order valence-corrected chi connectivity index (χ1v) is 4.83. The minimum absolute atomic E-state index is 0.0887. The molecular formula is C10H9NOS. The molecule has 3 heteroatoms. The first kappa shape index (κ1) is 8.41. The van der Waals surface area contributed by atoms with Crippen molar-refractivity contribution in [3.8, 4) is 11.1 Å². The number of rotatable bonds is 2. The van der Waals surface area contributed by atoms with Gasteiger partial charge in [0.15, 0.2) is 0 Å². The Labute approximate surface area is 80.6 Å². The lowest BCUT2D eigenvalue weighted by Crippen LogP contribution is -1.82. The molecule has 1 aromatic heterocycles. The molecule has 0 spiro atoms. The van der Waals surface area contributed by atoms with Gasteiger partial charge in [-0.25, -0.2) is 4.37 Å². The van der Waals surface area contributed by atoms with E-state index in [1.807, 2.05) is 35.8 Å². The zero-order valence-electron chi connectivity index (χ0n) is 6.97. The molecule has 0 saturated heterocycles. The quantitative estimate of drug-likeness (QED) is 0.790. The Hall–Kier alpha value is -1.19. The Bertz CT molecular complexity index is 384. The van der Waals surface area contributed by atoms with Crippen LogP contribution in [0.2, 0.25) is 0 Å². The molecule has 1 N–H and O–H groups in total. The molecular weight excluding hydrogens is 182 g/mol. The Morgan fingerprint density at radius 2 is 2.23 bits per heavy atom. The van der Waals surface area contributed by atoms with Crippen molar-refractivity contribution in [2.45, 2.75) is 6.61 Å². The van der Waals surface area contributed by atoms with Crippen molar-refractivity contribution in [1.82, 2.24) is 4.37 Å². The van der Waals surface area contributed by atoms with Gasteiger partial charge in [-0.1, -0.05) is 18.2 Å². The van der Waals surface area contributed by atoms with Crippen LogP contribution in [-0.2, 0) is 6.61 Å². The van der Waals surface area contributed by atoms with Crippen molar-refractivity contribution >= 4 is 11.5 Å². The molecule has 0 amide bonds. The van der Waals surface area contributed by atoms with Crippen LogP contribution < -0.4 is 0 Å². The van der Waals surface area contributed by atoms with Crippen molar-refractivity contribution in [1.29, 1.82) is 0 Å². The van der Waals surface area contributed by atoms with Gasteiger partial charge in [-0.05, 0) is 28.7 Å². The van der Waals surface area contributed by atoms with Crippen LogP contribution in [0.3, 0.4) is 0 Å². The summed E-state index contributed by atoms with van der Waals surface area (Å²) in [5, 5.41) is 10.9. The summed E-state index contributed by atoms with van der Waals surface area (Å²) in [4.78, 5) is 0. The van der Waals surface area contributed by atoms with E-state index in [0.29, 0.717) is 0 Å². The largest absolute Gasteiger partial charge is 0.392 e. The third-order valence-corrected chi connectivity index (χ3v) is 2.46. The minimum atomic E-state index is 0.0887. The van der Waals surface area contributed by atoms with E-state index in [4.69, 9.17) is 5.11 Å². The summed E-state index contributed by atoms with van der Waals surface area (Å²) >= 11 is 1.44. The summed E-state index contributed by atoms with van der Waals surface area (Å²) in [5.41, 5.74) is 3.16. The van der Waals surface area contributed by atoms with Crippen LogP contribution in [0, 0.1) is 0 Å². The highest BCUT2D eigenvalue weighted by atomic mass is 32.1. The molecule has 0 aliphatic carbocycles. The molecule has 2 nitrogen and oxygen atoms in total. The Kier molecular flexibility index (Phi) is 2.38. The predicted molar refractivity (Wildman–Crippen MR) is 53.5 cm³/mol. The van der Waals surface area contributed by atoms with Gasteiger partial charge in [-0.15, -0.1) is 0 Å². The second-order valence-corrected chi connectivity index (χ2v) is 3.43. The average Bonchev–Trinajstić information content (AvgIpc) is 2.71. The molecule has 0 aliphatic rings. The number of hydrogen-bond donors (Lipinski definition) is 1. The van der Waals surface area contributed by atoms with Gasteiger partial charge in [0.2, 0.25) is 0 Å². The van der Waals surface area contributed by atoms with Crippen molar-refractivity contribution in [2.24, 2.45) is 0 Å². The lowest BCUT2D eigenvalue weighted by atomic mass is 10.1. The highest BCUT2D eigenvalue weighted by molar-refractivity contribution is 7.03. The first-order chi connectivity index (χ1) is 6.40. The van der Waals surface area contributed by atoms with Gasteiger partial charge in [0, 0.05) is 17.1 Å². The van der Waals surface area contributed by atoms with E-state index < -0.39 is 0 Å². The zero-order valence-corrected chi connectivity index (χ0v) is 7.79. The highest BCUT2D eigenvalue weighted by Gasteiger charge is 1.98. The summed E-state index contributed by atoms with van der Waals surface area (Å²) in [6.07, 6.45) is 1.83. The van der Waals surface area contributed by atoms with E-state index >= 15 is 0 Å². The van der Waals surface area contributed by atoms with Crippen molar-refractivity contribution < 1.29 is 5.11 Å². The zero-order chi connectivity index (χ0) is 9.10. The smallest absolute Gasteiger partial charge is 0.0682 e. The van der Waals surface area contributed by atoms with E-state index in [9.17, 15) is 0 Å². The van der Waals surface area contributed by atoms with E-state index in [1.165, 1.54) is 11.5 Å². The molecule has 0 saturated carbocycles. The summed E-state index contributed by atoms with van der Waals surface area (Å²) in [5.74, 6) is 0. The summed E-state index contributed by atoms with van der Waals surface area (Å²) in [6, 6.07) is 7.84. The molecule has 66 valence electrons. The third-order valence-electron chi connectivity index (χ3n) is 1.88. The van der Waals surface area contributed by atoms with Gasteiger partial charge >= 0.3 is 0 Å². The molecule has 1 heterocycles. The fraction of sp³-hybridized carbons (Fsp3) is 0.100. The second kappa shape index (κ2) is 3.68. The summed E-state index contributed by atoms with van der Waals surface area (Å²) < 4.78 is 4.03. The van der Waals surface area contributed by atoms with Gasteiger partial charge in [0.05, 0.1) is 6.61 Å². The highest BCUT2D eigenvalue weighted by Crippen LogP contribution is 2.21. The minimum Gasteiger partial charge on any atom is -0.392 e. The van der Waals surface area contributed by atoms with Crippen LogP contribution >= 0.6 is 11.5 Å². The maximum atomic E-state index is 8.95. The topological polar surface area (TPSA) is 33.1 Å². The normalized spacial score (nSPS) is 10.2. The maximum Gasteiger partial charge on any atom is 0.0682 e. The summed E-state index contributed by atoms with van der Waals surface area (Å²) in [6.45, 7) is 0.0887. The van der Waals surface area contributed by atoms with Crippen LogP contribution in [-0.4, -0.2) is 9.48 Å². The number of aromatic nitrogens is 1. The van der Waals surface area contributed by atoms with Crippen molar-refractivity contribution in [2.75, 3.05) is 0 Å². The standard InChI is InChI=1S/C10H9NOS/c12-6-8-2-1-3-9(4-8)10-5-11-13-7-10/h1-5,7,12H,6H2. The number of nitrogens with zero attached hydrogens (tertiary/aromatic N) is 1. The number of benzene rings is 1. The third kappa shape index (κ3) is 1.76. The molecule has 0 fully saturated rings. The second-order valence-electron chi connectivity index (χ2n) is 2.77. The molecule has 2 aromatic rings. The molecule has 0 aliphatic heterocycles. The fourth-order valence-electron chi connectivity index (χ4n) is 1.20. The fourth-order valence-corrected chi connectivity index (χ4v) is 1.74. The van der Waals surface area contributed by atoms with Gasteiger partial charge in [-0.3, -0.25) is 0 Å². The molecule has 13 heavy (non-hydrogen) atoms. The van der Waals surface area contributed by atoms with Crippen LogP contribution in [0.25, 0.3) is 11.1 Å². The van der Waals surface area contributed by atoms with Gasteiger partial charge < -0.3 is 5.11 Å². The summed E-state index contributed by atoms with van der Waals surface area (Å²) in [7, 11) is 0. The molecule has 0 bridgehead atoms. The van der Waals surface area contributed by atoms with Gasteiger partial charge in [0.25, 0.3) is 0 Å². The Morgan fingerprint density at radius 3 is 2.92 bits per heavy atom. The monoisotopic (exact) mass is 191 g/mol. The number of aliphatic hydroxyl groups excluding tert-OH is 1. The lowest BCUT2D eigenvalue weighted by molar-refractivity contribution is 0.282. The van der Waals surface area contributed by atoms with E-state index in [2.05, 4.69) is 4.37 Å². The lowest BCUT2D eigenvalue weighted by Gasteiger charge is -1.99. The average molecular weight is 191 g/mol. The molecule has 2 rings (SSSR count). The molecule has 0 atom stereocenters. The predicted octanol–water partition coefficient (Wildman–Crippen LogP) is 2.30. The molecule has 0 radical (unpaired) electrons. The van der Waals surface area contributed by atoms with Crippen molar-refractivity contribution in [3.05, 3.63) is 41.4 Å². The molecule has 0 unspecified atom stereocenters. The van der Waals surface area contributed by atoms with Crippen molar-refractivity contribution in [3.63, 3.8) is 0 Å². The number of hydrogen-bond acceptors (Lipinski definition) is 3. The first-order valence-electron chi connectivity index (χ1n) is 3.99.